The van der Waals surface area contributed by atoms with Crippen molar-refractivity contribution >= 4 is 22.7 Å². The lowest BCUT2D eigenvalue weighted by atomic mass is 10.0. The van der Waals surface area contributed by atoms with Gasteiger partial charge in [-0.1, -0.05) is 42.5 Å². The van der Waals surface area contributed by atoms with Gasteiger partial charge in [-0.25, -0.2) is 19.9 Å². The zero-order valence-electron chi connectivity index (χ0n) is 24.1. The monoisotopic (exact) mass is 577 g/mol. The summed E-state index contributed by atoms with van der Waals surface area (Å²) in [5, 5.41) is 12.7. The van der Waals surface area contributed by atoms with E-state index in [1.54, 1.807) is 12.4 Å². The molecule has 1 aliphatic rings. The van der Waals surface area contributed by atoms with E-state index in [0.29, 0.717) is 23.4 Å². The summed E-state index contributed by atoms with van der Waals surface area (Å²) in [4.78, 5) is 20.9. The molecule has 5 heterocycles. The zero-order chi connectivity index (χ0) is 29.9. The lowest BCUT2D eigenvalue weighted by Gasteiger charge is -2.33. The number of hydrogen-bond acceptors (Lipinski definition) is 8. The van der Waals surface area contributed by atoms with E-state index < -0.39 is 0 Å². The van der Waals surface area contributed by atoms with E-state index in [9.17, 15) is 0 Å². The van der Waals surface area contributed by atoms with Crippen molar-refractivity contribution in [2.75, 3.05) is 24.1 Å². The standard InChI is InChI=1S/C35H31N9/c36-22-28-21-27(14-18-38-28)40-26-15-19-43(20-16-26)23-24-8-10-29(11-9-24)44-34(30-7-4-17-39-33(30)37)42-32-13-12-31(41-35(32)44)25-5-2-1-3-6-25/h1-14,17-18,21,26H,15-16,19-20,23H2,(H2,37,39)(H,38,40). The van der Waals surface area contributed by atoms with Crippen LogP contribution < -0.4 is 11.1 Å². The maximum atomic E-state index is 9.13. The summed E-state index contributed by atoms with van der Waals surface area (Å²) in [7, 11) is 0. The average molecular weight is 578 g/mol. The van der Waals surface area contributed by atoms with Crippen LogP contribution in [0, 0.1) is 11.3 Å². The predicted molar refractivity (Wildman–Crippen MR) is 173 cm³/mol. The second kappa shape index (κ2) is 12.0. The minimum Gasteiger partial charge on any atom is -0.383 e. The highest BCUT2D eigenvalue weighted by Gasteiger charge is 2.21. The number of nitrogens with zero attached hydrogens (tertiary/aromatic N) is 7. The number of pyridine rings is 3. The normalized spacial score (nSPS) is 14.0. The Hall–Kier alpha value is -5.59. The molecule has 1 aliphatic heterocycles. The lowest BCUT2D eigenvalue weighted by molar-refractivity contribution is 0.211. The number of benzene rings is 2. The van der Waals surface area contributed by atoms with Gasteiger partial charge >= 0.3 is 0 Å². The molecule has 9 heteroatoms. The topological polar surface area (TPSA) is 122 Å². The van der Waals surface area contributed by atoms with Gasteiger partial charge in [-0.2, -0.15) is 5.26 Å². The highest BCUT2D eigenvalue weighted by molar-refractivity contribution is 5.84. The molecule has 0 unspecified atom stereocenters. The van der Waals surface area contributed by atoms with Crippen molar-refractivity contribution in [1.82, 2.24) is 29.4 Å². The minimum absolute atomic E-state index is 0.378. The van der Waals surface area contributed by atoms with Gasteiger partial charge in [0.15, 0.2) is 11.5 Å². The highest BCUT2D eigenvalue weighted by Crippen LogP contribution is 2.32. The van der Waals surface area contributed by atoms with Crippen LogP contribution >= 0.6 is 0 Å². The minimum atomic E-state index is 0.378. The summed E-state index contributed by atoms with van der Waals surface area (Å²) in [6.07, 6.45) is 5.44. The van der Waals surface area contributed by atoms with E-state index in [2.05, 4.69) is 67.2 Å². The summed E-state index contributed by atoms with van der Waals surface area (Å²) in [5.41, 5.74) is 14.2. The number of nitrogen functional groups attached to an aromatic ring is 1. The number of aromatic nitrogens is 5. The number of nitrogens with one attached hydrogen (secondary N) is 1. The second-order valence-electron chi connectivity index (χ2n) is 11.0. The predicted octanol–water partition coefficient (Wildman–Crippen LogP) is 6.07. The molecule has 0 saturated carbocycles. The first-order valence-electron chi connectivity index (χ1n) is 14.7. The number of nitrogens with two attached hydrogens (primary N) is 1. The summed E-state index contributed by atoms with van der Waals surface area (Å²) in [6, 6.07) is 32.9. The van der Waals surface area contributed by atoms with Crippen molar-refractivity contribution < 1.29 is 0 Å². The summed E-state index contributed by atoms with van der Waals surface area (Å²) >= 11 is 0. The van der Waals surface area contributed by atoms with Crippen LogP contribution in [-0.2, 0) is 6.54 Å². The van der Waals surface area contributed by atoms with Crippen molar-refractivity contribution in [3.8, 4) is 34.4 Å². The van der Waals surface area contributed by atoms with Crippen LogP contribution in [0.2, 0.25) is 0 Å². The molecule has 0 atom stereocenters. The Morgan fingerprint density at radius 2 is 1.68 bits per heavy atom. The molecule has 0 aliphatic carbocycles. The Kier molecular flexibility index (Phi) is 7.41. The maximum Gasteiger partial charge on any atom is 0.165 e. The van der Waals surface area contributed by atoms with Crippen LogP contribution in [0.15, 0.2) is 103 Å². The van der Waals surface area contributed by atoms with Gasteiger partial charge in [0.1, 0.15) is 23.1 Å². The van der Waals surface area contributed by atoms with E-state index in [0.717, 1.165) is 71.8 Å². The molecular formula is C35H31N9. The summed E-state index contributed by atoms with van der Waals surface area (Å²) < 4.78 is 2.08. The van der Waals surface area contributed by atoms with Crippen molar-refractivity contribution in [3.63, 3.8) is 0 Å². The Balaban J connectivity index is 1.13. The molecule has 0 spiro atoms. The molecule has 44 heavy (non-hydrogen) atoms. The molecule has 1 fully saturated rings. The number of anilines is 2. The van der Waals surface area contributed by atoms with Crippen LogP contribution in [0.4, 0.5) is 11.5 Å². The van der Waals surface area contributed by atoms with Gasteiger partial charge in [0.05, 0.1) is 11.3 Å². The Labute approximate surface area is 255 Å². The first kappa shape index (κ1) is 27.3. The van der Waals surface area contributed by atoms with Gasteiger partial charge in [-0.3, -0.25) is 9.47 Å². The second-order valence-corrected chi connectivity index (χ2v) is 11.0. The molecular weight excluding hydrogens is 546 g/mol. The average Bonchev–Trinajstić information content (AvgIpc) is 3.45. The zero-order valence-corrected chi connectivity index (χ0v) is 24.1. The van der Waals surface area contributed by atoms with Gasteiger partial charge in [0, 0.05) is 55.0 Å². The number of nitriles is 1. The molecule has 7 rings (SSSR count). The number of imidazole rings is 1. The third-order valence-corrected chi connectivity index (χ3v) is 8.09. The Bertz CT molecular complexity index is 1950. The fourth-order valence-corrected chi connectivity index (χ4v) is 5.82. The van der Waals surface area contributed by atoms with E-state index in [4.69, 9.17) is 21.0 Å². The van der Waals surface area contributed by atoms with Crippen molar-refractivity contribution in [1.29, 1.82) is 5.26 Å². The van der Waals surface area contributed by atoms with Gasteiger partial charge < -0.3 is 11.1 Å². The van der Waals surface area contributed by atoms with Crippen molar-refractivity contribution in [2.24, 2.45) is 0 Å². The van der Waals surface area contributed by atoms with Gasteiger partial charge in [0.2, 0.25) is 0 Å². The molecule has 6 aromatic rings. The highest BCUT2D eigenvalue weighted by atomic mass is 15.2. The third kappa shape index (κ3) is 5.59. The number of rotatable bonds is 7. The van der Waals surface area contributed by atoms with Crippen LogP contribution in [0.1, 0.15) is 24.1 Å². The molecule has 0 bridgehead atoms. The molecule has 1 saturated heterocycles. The Morgan fingerprint density at radius 1 is 0.864 bits per heavy atom. The molecule has 216 valence electrons. The van der Waals surface area contributed by atoms with Gasteiger partial charge in [0.25, 0.3) is 0 Å². The van der Waals surface area contributed by atoms with E-state index in [1.165, 1.54) is 5.56 Å². The maximum absolute atomic E-state index is 9.13. The molecule has 2 aromatic carbocycles. The quantitative estimate of drug-likeness (QED) is 0.234. The van der Waals surface area contributed by atoms with E-state index in [1.807, 2.05) is 54.6 Å². The van der Waals surface area contributed by atoms with E-state index >= 15 is 0 Å². The molecule has 4 aromatic heterocycles. The summed E-state index contributed by atoms with van der Waals surface area (Å²) in [5.74, 6) is 1.14. The Morgan fingerprint density at radius 3 is 2.45 bits per heavy atom. The number of hydrogen-bond donors (Lipinski definition) is 2. The first-order valence-corrected chi connectivity index (χ1v) is 14.7. The fourth-order valence-electron chi connectivity index (χ4n) is 5.82. The molecule has 0 amide bonds. The van der Waals surface area contributed by atoms with Gasteiger partial charge in [-0.05, 0) is 66.9 Å². The smallest absolute Gasteiger partial charge is 0.165 e. The van der Waals surface area contributed by atoms with Crippen molar-refractivity contribution in [2.45, 2.75) is 25.4 Å². The molecule has 0 radical (unpaired) electrons. The SMILES string of the molecule is N#Cc1cc(NC2CCN(Cc3ccc(-n4c(-c5cccnc5N)nc5ccc(-c6ccccc6)nc54)cc3)CC2)ccn1. The first-order chi connectivity index (χ1) is 21.6. The molecule has 3 N–H and O–H groups in total. The summed E-state index contributed by atoms with van der Waals surface area (Å²) in [6.45, 7) is 2.88. The van der Waals surface area contributed by atoms with E-state index in [-0.39, 0.29) is 0 Å². The van der Waals surface area contributed by atoms with Gasteiger partial charge in [-0.15, -0.1) is 0 Å². The van der Waals surface area contributed by atoms with Crippen molar-refractivity contribution in [3.05, 3.63) is 115 Å². The number of piperidine rings is 1. The third-order valence-electron chi connectivity index (χ3n) is 8.09. The van der Waals surface area contributed by atoms with Crippen LogP contribution in [0.5, 0.6) is 0 Å². The number of likely N-dealkylation sites (tertiary alicyclic amines) is 1. The largest absolute Gasteiger partial charge is 0.383 e. The molecule has 9 nitrogen and oxygen atoms in total. The fraction of sp³-hybridized carbons (Fsp3) is 0.171. The lowest BCUT2D eigenvalue weighted by Crippen LogP contribution is -2.38. The van der Waals surface area contributed by atoms with Crippen LogP contribution in [0.25, 0.3) is 39.5 Å². The van der Waals surface area contributed by atoms with Crippen LogP contribution in [-0.4, -0.2) is 48.5 Å². The number of fused-ring (bicyclic) bond motifs is 1. The van der Waals surface area contributed by atoms with Crippen LogP contribution in [0.3, 0.4) is 0 Å².